The average molecular weight is 753 g/mol. The lowest BCUT2D eigenvalue weighted by Gasteiger charge is -2.28. The van der Waals surface area contributed by atoms with Crippen molar-refractivity contribution in [2.24, 2.45) is 0 Å². The van der Waals surface area contributed by atoms with Crippen molar-refractivity contribution in [2.75, 3.05) is 4.90 Å². The first-order chi connectivity index (χ1) is 29.3. The fourth-order valence-electron chi connectivity index (χ4n) is 9.28. The molecule has 10 aromatic carbocycles. The number of para-hydroxylation sites is 3. The molecule has 0 fully saturated rings. The van der Waals surface area contributed by atoms with Gasteiger partial charge in [0, 0.05) is 38.5 Å². The monoisotopic (exact) mass is 752 g/mol. The van der Waals surface area contributed by atoms with Gasteiger partial charge in [0.1, 0.15) is 5.58 Å². The van der Waals surface area contributed by atoms with Gasteiger partial charge in [-0.1, -0.05) is 164 Å². The minimum Gasteiger partial charge on any atom is -0.454 e. The van der Waals surface area contributed by atoms with Gasteiger partial charge in [-0.25, -0.2) is 0 Å². The zero-order chi connectivity index (χ0) is 38.9. The maximum absolute atomic E-state index is 7.03. The van der Waals surface area contributed by atoms with Gasteiger partial charge in [0.15, 0.2) is 5.58 Å². The molecule has 0 saturated carbocycles. The van der Waals surface area contributed by atoms with Crippen LogP contribution in [0.15, 0.2) is 223 Å². The van der Waals surface area contributed by atoms with Gasteiger partial charge < -0.3 is 13.9 Å². The molecule has 59 heavy (non-hydrogen) atoms. The summed E-state index contributed by atoms with van der Waals surface area (Å²) in [4.78, 5) is 2.39. The van der Waals surface area contributed by atoms with E-state index in [-0.39, 0.29) is 0 Å². The summed E-state index contributed by atoms with van der Waals surface area (Å²) in [5.74, 6) is 0. The number of fused-ring (bicyclic) bond motifs is 10. The molecule has 0 N–H and O–H groups in total. The van der Waals surface area contributed by atoms with Crippen LogP contribution in [0.25, 0.3) is 93.2 Å². The summed E-state index contributed by atoms with van der Waals surface area (Å²) in [7, 11) is 0. The van der Waals surface area contributed by atoms with E-state index in [2.05, 4.69) is 228 Å². The second kappa shape index (κ2) is 13.4. The number of nitrogens with zero attached hydrogens (tertiary/aromatic N) is 2. The Morgan fingerprint density at radius 1 is 0.373 bits per heavy atom. The van der Waals surface area contributed by atoms with Crippen molar-refractivity contribution in [3.8, 4) is 27.9 Å². The van der Waals surface area contributed by atoms with Gasteiger partial charge in [0.2, 0.25) is 0 Å². The predicted molar refractivity (Wildman–Crippen MR) is 249 cm³/mol. The molecule has 0 aliphatic rings. The second-order valence-electron chi connectivity index (χ2n) is 15.3. The summed E-state index contributed by atoms with van der Waals surface area (Å²) in [6, 6.07) is 78.5. The summed E-state index contributed by atoms with van der Waals surface area (Å²) in [6.45, 7) is 0. The van der Waals surface area contributed by atoms with Gasteiger partial charge in [-0.3, -0.25) is 0 Å². The van der Waals surface area contributed by atoms with Crippen molar-refractivity contribution >= 4 is 82.4 Å². The van der Waals surface area contributed by atoms with E-state index in [0.717, 1.165) is 72.3 Å². The van der Waals surface area contributed by atoms with Crippen LogP contribution in [0.2, 0.25) is 0 Å². The number of anilines is 3. The highest BCUT2D eigenvalue weighted by Crippen LogP contribution is 2.49. The van der Waals surface area contributed by atoms with Gasteiger partial charge >= 0.3 is 0 Å². The molecule has 0 radical (unpaired) electrons. The van der Waals surface area contributed by atoms with Crippen LogP contribution in [0, 0.1) is 0 Å². The molecular weight excluding hydrogens is 717 g/mol. The number of hydrogen-bond acceptors (Lipinski definition) is 2. The van der Waals surface area contributed by atoms with Gasteiger partial charge in [0.05, 0.1) is 22.4 Å². The smallest absolute Gasteiger partial charge is 0.160 e. The first kappa shape index (κ1) is 33.3. The third kappa shape index (κ3) is 5.29. The normalized spacial score (nSPS) is 11.7. The number of hydrogen-bond donors (Lipinski definition) is 0. The zero-order valence-electron chi connectivity index (χ0n) is 32.1. The molecule has 0 unspecified atom stereocenters. The Kier molecular flexibility index (Phi) is 7.54. The fourth-order valence-corrected chi connectivity index (χ4v) is 9.28. The molecular formula is C56H36N2O. The Bertz CT molecular complexity index is 3540. The van der Waals surface area contributed by atoms with E-state index >= 15 is 0 Å². The largest absolute Gasteiger partial charge is 0.454 e. The highest BCUT2D eigenvalue weighted by Gasteiger charge is 2.25. The quantitative estimate of drug-likeness (QED) is 0.169. The highest BCUT2D eigenvalue weighted by atomic mass is 16.3. The third-order valence-corrected chi connectivity index (χ3v) is 12.0. The van der Waals surface area contributed by atoms with Crippen molar-refractivity contribution in [3.05, 3.63) is 218 Å². The van der Waals surface area contributed by atoms with Crippen LogP contribution in [0.1, 0.15) is 0 Å². The Morgan fingerprint density at radius 2 is 1.00 bits per heavy atom. The fraction of sp³-hybridized carbons (Fsp3) is 0. The minimum absolute atomic E-state index is 0.862. The van der Waals surface area contributed by atoms with E-state index in [9.17, 15) is 0 Å². The molecule has 2 aromatic heterocycles. The van der Waals surface area contributed by atoms with Crippen LogP contribution in [0.3, 0.4) is 0 Å². The van der Waals surface area contributed by atoms with Crippen LogP contribution in [-0.4, -0.2) is 4.57 Å². The zero-order valence-corrected chi connectivity index (χ0v) is 32.1. The molecule has 3 heteroatoms. The Morgan fingerprint density at radius 3 is 1.81 bits per heavy atom. The van der Waals surface area contributed by atoms with Crippen LogP contribution in [0.5, 0.6) is 0 Å². The standard InChI is InChI=1S/C56H36N2O/c1-3-15-38(16-4-1)44-21-11-13-25-49(44)58(52-36-41-18-8-10-23-46(41)55-54-45-22-9-7-17-39(45)30-34-53(54)59-56(52)55)43-31-27-37(28-32-43)40-29-33-48-47-24-12-14-26-50(47)57(51(48)35-40)42-19-5-2-6-20-42/h1-36H. The molecule has 0 amide bonds. The van der Waals surface area contributed by atoms with Crippen LogP contribution in [0.4, 0.5) is 17.1 Å². The SMILES string of the molecule is c1ccc(-c2ccccc2N(c2ccc(-c3ccc4c5ccccc5n(-c5ccccc5)c4c3)cc2)c2cc3ccccc3c3c2oc2ccc4ccccc4c23)cc1. The van der Waals surface area contributed by atoms with Crippen molar-refractivity contribution < 1.29 is 4.42 Å². The molecule has 0 aliphatic heterocycles. The number of furan rings is 1. The minimum atomic E-state index is 0.862. The molecule has 0 atom stereocenters. The Balaban J connectivity index is 1.09. The van der Waals surface area contributed by atoms with Crippen molar-refractivity contribution in [2.45, 2.75) is 0 Å². The van der Waals surface area contributed by atoms with E-state index in [1.807, 2.05) is 0 Å². The topological polar surface area (TPSA) is 21.3 Å². The lowest BCUT2D eigenvalue weighted by Crippen LogP contribution is -2.11. The summed E-state index contributed by atoms with van der Waals surface area (Å²) in [5.41, 5.74) is 13.0. The van der Waals surface area contributed by atoms with Crippen LogP contribution >= 0.6 is 0 Å². The predicted octanol–water partition coefficient (Wildman–Crippen LogP) is 15.8. The van der Waals surface area contributed by atoms with Crippen molar-refractivity contribution in [3.63, 3.8) is 0 Å². The van der Waals surface area contributed by atoms with Crippen molar-refractivity contribution in [1.29, 1.82) is 0 Å². The van der Waals surface area contributed by atoms with E-state index in [1.54, 1.807) is 0 Å². The molecule has 0 spiro atoms. The lowest BCUT2D eigenvalue weighted by molar-refractivity contribution is 0.669. The molecule has 276 valence electrons. The van der Waals surface area contributed by atoms with E-state index in [4.69, 9.17) is 4.42 Å². The second-order valence-corrected chi connectivity index (χ2v) is 15.3. The number of aromatic nitrogens is 1. The van der Waals surface area contributed by atoms with Gasteiger partial charge in [0.25, 0.3) is 0 Å². The molecule has 0 saturated heterocycles. The summed E-state index contributed by atoms with van der Waals surface area (Å²) < 4.78 is 9.41. The molecule has 12 rings (SSSR count). The summed E-state index contributed by atoms with van der Waals surface area (Å²) in [5, 5.41) is 9.49. The van der Waals surface area contributed by atoms with Crippen molar-refractivity contribution in [1.82, 2.24) is 4.57 Å². The maximum atomic E-state index is 7.03. The molecule has 0 bridgehead atoms. The van der Waals surface area contributed by atoms with Gasteiger partial charge in [-0.2, -0.15) is 0 Å². The molecule has 0 aliphatic carbocycles. The van der Waals surface area contributed by atoms with E-state index in [1.165, 1.54) is 38.0 Å². The molecule has 2 heterocycles. The Labute approximate surface area is 341 Å². The maximum Gasteiger partial charge on any atom is 0.160 e. The van der Waals surface area contributed by atoms with Gasteiger partial charge in [-0.05, 0) is 92.8 Å². The number of benzene rings is 10. The van der Waals surface area contributed by atoms with E-state index < -0.39 is 0 Å². The molecule has 3 nitrogen and oxygen atoms in total. The van der Waals surface area contributed by atoms with E-state index in [0.29, 0.717) is 0 Å². The summed E-state index contributed by atoms with van der Waals surface area (Å²) >= 11 is 0. The third-order valence-electron chi connectivity index (χ3n) is 12.0. The lowest BCUT2D eigenvalue weighted by atomic mass is 9.97. The first-order valence-electron chi connectivity index (χ1n) is 20.2. The first-order valence-corrected chi connectivity index (χ1v) is 20.2. The highest BCUT2D eigenvalue weighted by molar-refractivity contribution is 6.29. The van der Waals surface area contributed by atoms with Crippen LogP contribution < -0.4 is 4.90 Å². The molecule has 12 aromatic rings. The van der Waals surface area contributed by atoms with Gasteiger partial charge in [-0.15, -0.1) is 0 Å². The van der Waals surface area contributed by atoms with Crippen LogP contribution in [-0.2, 0) is 0 Å². The summed E-state index contributed by atoms with van der Waals surface area (Å²) in [6.07, 6.45) is 0. The average Bonchev–Trinajstić information content (AvgIpc) is 3.87. The number of rotatable bonds is 6. The Hall–Kier alpha value is -7.88.